The van der Waals surface area contributed by atoms with E-state index in [4.69, 9.17) is 4.74 Å². The van der Waals surface area contributed by atoms with Crippen LogP contribution < -0.4 is 0 Å². The van der Waals surface area contributed by atoms with Gasteiger partial charge in [0, 0.05) is 19.6 Å². The number of ether oxygens (including phenoxy) is 1. The lowest BCUT2D eigenvalue weighted by Gasteiger charge is -2.12. The van der Waals surface area contributed by atoms with Gasteiger partial charge in [-0.2, -0.15) is 33.6 Å². The normalized spacial score (nSPS) is 13.1. The highest BCUT2D eigenvalue weighted by atomic mass is 19.4. The van der Waals surface area contributed by atoms with Crippen molar-refractivity contribution < 1.29 is 23.0 Å². The SMILES string of the molecule is COCC(CO)CCc1ccc(N=Nc2ccc(N=Nc3ccc(C(F)(F)F)cc3)cc2)cc1. The number of nitrogens with zero attached hydrogens (tertiary/aromatic N) is 4. The van der Waals surface area contributed by atoms with Gasteiger partial charge >= 0.3 is 6.18 Å². The van der Waals surface area contributed by atoms with Crippen LogP contribution in [0.4, 0.5) is 35.9 Å². The van der Waals surface area contributed by atoms with Crippen molar-refractivity contribution in [2.75, 3.05) is 20.3 Å². The molecule has 0 aliphatic heterocycles. The van der Waals surface area contributed by atoms with E-state index in [1.54, 1.807) is 31.4 Å². The second kappa shape index (κ2) is 12.2. The maximum Gasteiger partial charge on any atom is 0.416 e. The van der Waals surface area contributed by atoms with E-state index in [1.165, 1.54) is 12.1 Å². The third kappa shape index (κ3) is 7.86. The summed E-state index contributed by atoms with van der Waals surface area (Å²) < 4.78 is 42.9. The van der Waals surface area contributed by atoms with Gasteiger partial charge < -0.3 is 9.84 Å². The number of alkyl halides is 3. The molecular weight excluding hydrogens is 445 g/mol. The first-order chi connectivity index (χ1) is 16.4. The number of aliphatic hydroxyl groups excluding tert-OH is 1. The molecule has 9 heteroatoms. The fourth-order valence-electron chi connectivity index (χ4n) is 3.10. The second-order valence-electron chi connectivity index (χ2n) is 7.67. The van der Waals surface area contributed by atoms with Gasteiger partial charge in [0.15, 0.2) is 0 Å². The Labute approximate surface area is 195 Å². The molecule has 0 fully saturated rings. The lowest BCUT2D eigenvalue weighted by Crippen LogP contribution is -2.13. The van der Waals surface area contributed by atoms with Gasteiger partial charge in [-0.25, -0.2) is 0 Å². The van der Waals surface area contributed by atoms with Gasteiger partial charge in [-0.15, -0.1) is 0 Å². The number of halogens is 3. The van der Waals surface area contributed by atoms with Gasteiger partial charge in [-0.1, -0.05) is 12.1 Å². The lowest BCUT2D eigenvalue weighted by atomic mass is 10.0. The van der Waals surface area contributed by atoms with E-state index >= 15 is 0 Å². The Morgan fingerprint density at radius 3 is 1.53 bits per heavy atom. The second-order valence-corrected chi connectivity index (χ2v) is 7.67. The quantitative estimate of drug-likeness (QED) is 0.308. The molecule has 0 amide bonds. The van der Waals surface area contributed by atoms with Crippen molar-refractivity contribution in [2.45, 2.75) is 19.0 Å². The molecule has 0 aliphatic rings. The van der Waals surface area contributed by atoms with E-state index in [1.807, 2.05) is 24.3 Å². The molecule has 3 rings (SSSR count). The van der Waals surface area contributed by atoms with E-state index in [-0.39, 0.29) is 12.5 Å². The Morgan fingerprint density at radius 1 is 0.735 bits per heavy atom. The first kappa shape index (κ1) is 25.2. The number of azo groups is 2. The standard InChI is InChI=1S/C25H25F3N4O2/c1-34-17-19(16-33)3-2-18-4-8-21(9-5-18)29-31-23-12-14-24(15-13-23)32-30-22-10-6-20(7-11-22)25(26,27)28/h4-15,19,33H,2-3,16-17H2,1H3. The van der Waals surface area contributed by atoms with Crippen LogP contribution in [0.1, 0.15) is 17.5 Å². The summed E-state index contributed by atoms with van der Waals surface area (Å²) in [6, 6.07) is 19.1. The van der Waals surface area contributed by atoms with Crippen molar-refractivity contribution in [3.63, 3.8) is 0 Å². The summed E-state index contributed by atoms with van der Waals surface area (Å²) in [5.74, 6) is 0.127. The summed E-state index contributed by atoms with van der Waals surface area (Å²) in [5, 5.41) is 25.8. The van der Waals surface area contributed by atoms with Crippen LogP contribution in [0, 0.1) is 5.92 Å². The van der Waals surface area contributed by atoms with Crippen LogP contribution in [0.15, 0.2) is 93.3 Å². The van der Waals surface area contributed by atoms with Gasteiger partial charge in [0.25, 0.3) is 0 Å². The molecule has 0 radical (unpaired) electrons. The highest BCUT2D eigenvalue weighted by Gasteiger charge is 2.29. The number of hydrogen-bond donors (Lipinski definition) is 1. The third-order valence-corrected chi connectivity index (χ3v) is 5.04. The third-order valence-electron chi connectivity index (χ3n) is 5.04. The Bertz CT molecular complexity index is 1080. The zero-order chi connectivity index (χ0) is 24.4. The van der Waals surface area contributed by atoms with E-state index in [0.29, 0.717) is 29.4 Å². The zero-order valence-electron chi connectivity index (χ0n) is 18.6. The van der Waals surface area contributed by atoms with Gasteiger partial charge in [-0.05, 0) is 79.1 Å². The number of aryl methyl sites for hydroxylation is 1. The lowest BCUT2D eigenvalue weighted by molar-refractivity contribution is -0.137. The zero-order valence-corrected chi connectivity index (χ0v) is 18.6. The molecule has 0 aromatic heterocycles. The van der Waals surface area contributed by atoms with Crippen LogP contribution in [0.5, 0.6) is 0 Å². The maximum atomic E-state index is 12.6. The smallest absolute Gasteiger partial charge is 0.396 e. The molecular formula is C25H25F3N4O2. The number of rotatable bonds is 10. The Morgan fingerprint density at radius 2 is 1.15 bits per heavy atom. The molecule has 0 saturated heterocycles. The van der Waals surface area contributed by atoms with Crippen molar-refractivity contribution in [3.05, 3.63) is 83.9 Å². The van der Waals surface area contributed by atoms with Gasteiger partial charge in [0.1, 0.15) is 0 Å². The van der Waals surface area contributed by atoms with Crippen molar-refractivity contribution in [1.82, 2.24) is 0 Å². The molecule has 0 saturated carbocycles. The monoisotopic (exact) mass is 470 g/mol. The first-order valence-corrected chi connectivity index (χ1v) is 10.7. The molecule has 0 spiro atoms. The summed E-state index contributed by atoms with van der Waals surface area (Å²) in [7, 11) is 1.63. The Balaban J connectivity index is 1.54. The van der Waals surface area contributed by atoms with Crippen LogP contribution in [0.25, 0.3) is 0 Å². The fraction of sp³-hybridized carbons (Fsp3) is 0.280. The highest BCUT2D eigenvalue weighted by Crippen LogP contribution is 2.31. The summed E-state index contributed by atoms with van der Waals surface area (Å²) >= 11 is 0. The van der Waals surface area contributed by atoms with Gasteiger partial charge in [0.2, 0.25) is 0 Å². The number of methoxy groups -OCH3 is 1. The van der Waals surface area contributed by atoms with E-state index in [0.717, 1.165) is 30.5 Å². The van der Waals surface area contributed by atoms with Crippen molar-refractivity contribution in [3.8, 4) is 0 Å². The van der Waals surface area contributed by atoms with Gasteiger partial charge in [0.05, 0.1) is 34.9 Å². The van der Waals surface area contributed by atoms with E-state index in [9.17, 15) is 18.3 Å². The van der Waals surface area contributed by atoms with E-state index in [2.05, 4.69) is 20.5 Å². The molecule has 1 N–H and O–H groups in total. The molecule has 6 nitrogen and oxygen atoms in total. The summed E-state index contributed by atoms with van der Waals surface area (Å²) in [5.41, 5.74) is 2.63. The minimum atomic E-state index is -4.38. The van der Waals surface area contributed by atoms with E-state index < -0.39 is 11.7 Å². The average molecular weight is 470 g/mol. The Kier molecular flexibility index (Phi) is 9.00. The molecule has 3 aromatic carbocycles. The molecule has 3 aromatic rings. The number of hydrogen-bond acceptors (Lipinski definition) is 6. The summed E-state index contributed by atoms with van der Waals surface area (Å²) in [6.45, 7) is 0.646. The average Bonchev–Trinajstić information content (AvgIpc) is 2.85. The summed E-state index contributed by atoms with van der Waals surface area (Å²) in [4.78, 5) is 0. The molecule has 1 atom stereocenters. The first-order valence-electron chi connectivity index (χ1n) is 10.7. The molecule has 0 aliphatic carbocycles. The van der Waals surface area contributed by atoms with Crippen LogP contribution in [0.3, 0.4) is 0 Å². The van der Waals surface area contributed by atoms with Crippen molar-refractivity contribution in [2.24, 2.45) is 26.4 Å². The topological polar surface area (TPSA) is 78.9 Å². The number of benzene rings is 3. The highest BCUT2D eigenvalue weighted by molar-refractivity contribution is 5.48. The van der Waals surface area contributed by atoms with Crippen molar-refractivity contribution in [1.29, 1.82) is 0 Å². The largest absolute Gasteiger partial charge is 0.416 e. The fourth-order valence-corrected chi connectivity index (χ4v) is 3.10. The minimum absolute atomic E-state index is 0.107. The molecule has 178 valence electrons. The van der Waals surface area contributed by atoms with Gasteiger partial charge in [-0.3, -0.25) is 0 Å². The molecule has 0 heterocycles. The van der Waals surface area contributed by atoms with Crippen molar-refractivity contribution >= 4 is 22.7 Å². The number of aliphatic hydroxyl groups is 1. The van der Waals surface area contributed by atoms with Crippen LogP contribution in [-0.4, -0.2) is 25.4 Å². The molecule has 0 bridgehead atoms. The predicted molar refractivity (Wildman–Crippen MR) is 123 cm³/mol. The Hall–Kier alpha value is -3.43. The van der Waals surface area contributed by atoms with Crippen LogP contribution in [0.2, 0.25) is 0 Å². The minimum Gasteiger partial charge on any atom is -0.396 e. The van der Waals surface area contributed by atoms with Crippen LogP contribution in [-0.2, 0) is 17.3 Å². The summed E-state index contributed by atoms with van der Waals surface area (Å²) in [6.07, 6.45) is -2.70. The van der Waals surface area contributed by atoms with Crippen LogP contribution >= 0.6 is 0 Å². The maximum absolute atomic E-state index is 12.6. The molecule has 1 unspecified atom stereocenters. The predicted octanol–water partition coefficient (Wildman–Crippen LogP) is 7.72. The molecule has 34 heavy (non-hydrogen) atoms.